The highest BCUT2D eigenvalue weighted by Crippen LogP contribution is 2.47. The second-order valence-electron chi connectivity index (χ2n) is 10.5. The van der Waals surface area contributed by atoms with Gasteiger partial charge in [0.15, 0.2) is 6.04 Å². The molecule has 2 aliphatic rings. The Morgan fingerprint density at radius 3 is 2.57 bits per heavy atom. The molecule has 6 nitrogen and oxygen atoms in total. The molecule has 188 valence electrons. The normalized spacial score (nSPS) is 22.8. The number of imidazole rings is 1. The van der Waals surface area contributed by atoms with Gasteiger partial charge in [-0.15, -0.1) is 0 Å². The third-order valence-corrected chi connectivity index (χ3v) is 8.65. The molecule has 1 saturated heterocycles. The highest BCUT2D eigenvalue weighted by Gasteiger charge is 2.57. The van der Waals surface area contributed by atoms with Crippen molar-refractivity contribution in [1.29, 1.82) is 0 Å². The number of amides is 2. The molecular formula is C31H33N4O2+. The van der Waals surface area contributed by atoms with Crippen LogP contribution in [0.15, 0.2) is 72.8 Å². The van der Waals surface area contributed by atoms with Crippen molar-refractivity contribution < 1.29 is 14.1 Å². The van der Waals surface area contributed by atoms with Crippen LogP contribution in [0.3, 0.4) is 0 Å². The Morgan fingerprint density at radius 1 is 1.00 bits per heavy atom. The lowest BCUT2D eigenvalue weighted by Crippen LogP contribution is -2.61. The van der Waals surface area contributed by atoms with Crippen molar-refractivity contribution in [1.82, 2.24) is 9.55 Å². The Bertz CT molecular complexity index is 1490. The highest BCUT2D eigenvalue weighted by molar-refractivity contribution is 5.83. The Labute approximate surface area is 217 Å². The van der Waals surface area contributed by atoms with Gasteiger partial charge in [-0.1, -0.05) is 54.6 Å². The molecule has 0 radical (unpaired) electrons. The molecule has 0 spiro atoms. The van der Waals surface area contributed by atoms with Crippen LogP contribution in [0.4, 0.5) is 0 Å². The van der Waals surface area contributed by atoms with Crippen LogP contribution in [0.1, 0.15) is 48.7 Å². The lowest BCUT2D eigenvalue weighted by Gasteiger charge is -2.41. The van der Waals surface area contributed by atoms with Crippen LogP contribution in [0.2, 0.25) is 0 Å². The van der Waals surface area contributed by atoms with Crippen LogP contribution in [-0.2, 0) is 29.5 Å². The SMILES string of the molecule is Cn1c(CCC(=O)[N+]2(C3CCc4ccc(-c5ccccc5)cc43)CCC[C@H]2C(N)=O)nc2ccccc21. The van der Waals surface area contributed by atoms with E-state index in [4.69, 9.17) is 10.7 Å². The highest BCUT2D eigenvalue weighted by atomic mass is 16.2. The maximum atomic E-state index is 14.3. The van der Waals surface area contributed by atoms with E-state index in [9.17, 15) is 9.59 Å². The molecule has 2 N–H and O–H groups in total. The third kappa shape index (κ3) is 3.87. The van der Waals surface area contributed by atoms with Crippen LogP contribution in [0.5, 0.6) is 0 Å². The first kappa shape index (κ1) is 23.6. The van der Waals surface area contributed by atoms with Gasteiger partial charge in [0.25, 0.3) is 5.91 Å². The number of fused-ring (bicyclic) bond motifs is 2. The lowest BCUT2D eigenvalue weighted by molar-refractivity contribution is -0.888. The molecule has 1 fully saturated rings. The smallest absolute Gasteiger partial charge is 0.315 e. The maximum absolute atomic E-state index is 14.3. The Balaban J connectivity index is 1.36. The Morgan fingerprint density at radius 2 is 1.78 bits per heavy atom. The number of nitrogens with two attached hydrogens (primary N) is 1. The minimum atomic E-state index is -0.482. The number of carbonyl (C=O) groups is 2. The van der Waals surface area contributed by atoms with Crippen LogP contribution in [-0.4, -0.2) is 38.4 Å². The predicted molar refractivity (Wildman–Crippen MR) is 144 cm³/mol. The first-order valence-electron chi connectivity index (χ1n) is 13.3. The second-order valence-corrected chi connectivity index (χ2v) is 10.5. The monoisotopic (exact) mass is 493 g/mol. The van der Waals surface area contributed by atoms with Crippen LogP contribution < -0.4 is 5.73 Å². The Hall–Kier alpha value is -3.77. The number of likely N-dealkylation sites (tertiary alicyclic amines) is 1. The molecule has 1 aromatic heterocycles. The number of primary amides is 1. The first-order chi connectivity index (χ1) is 18.0. The van der Waals surface area contributed by atoms with Gasteiger partial charge in [-0.05, 0) is 41.3 Å². The van der Waals surface area contributed by atoms with E-state index < -0.39 is 6.04 Å². The maximum Gasteiger partial charge on any atom is 0.315 e. The largest absolute Gasteiger partial charge is 0.364 e. The first-order valence-corrected chi connectivity index (χ1v) is 13.3. The van der Waals surface area contributed by atoms with Crippen LogP contribution in [0, 0.1) is 0 Å². The van der Waals surface area contributed by atoms with Crippen molar-refractivity contribution in [3.63, 3.8) is 0 Å². The molecule has 0 bridgehead atoms. The van der Waals surface area contributed by atoms with Crippen molar-refractivity contribution in [2.45, 2.75) is 50.6 Å². The molecule has 1 aliphatic heterocycles. The summed E-state index contributed by atoms with van der Waals surface area (Å²) in [6, 6.07) is 24.4. The van der Waals surface area contributed by atoms with Gasteiger partial charge in [0.1, 0.15) is 11.9 Å². The van der Waals surface area contributed by atoms with E-state index in [2.05, 4.69) is 34.9 Å². The van der Waals surface area contributed by atoms with E-state index in [0.717, 1.165) is 47.2 Å². The van der Waals surface area contributed by atoms with Gasteiger partial charge in [0.05, 0.1) is 24.0 Å². The molecule has 1 aliphatic carbocycles. The van der Waals surface area contributed by atoms with E-state index in [1.165, 1.54) is 11.1 Å². The molecule has 3 atom stereocenters. The summed E-state index contributed by atoms with van der Waals surface area (Å²) in [5.41, 5.74) is 12.8. The van der Waals surface area contributed by atoms with E-state index in [1.54, 1.807) is 0 Å². The lowest BCUT2D eigenvalue weighted by atomic mass is 9.96. The zero-order chi connectivity index (χ0) is 25.6. The summed E-state index contributed by atoms with van der Waals surface area (Å²) in [5, 5.41) is 0. The summed E-state index contributed by atoms with van der Waals surface area (Å²) in [6.45, 7) is 0.661. The number of para-hydroxylation sites is 2. The van der Waals surface area contributed by atoms with E-state index >= 15 is 0 Å². The average molecular weight is 494 g/mol. The van der Waals surface area contributed by atoms with E-state index in [1.807, 2.05) is 49.5 Å². The molecule has 0 saturated carbocycles. The molecule has 37 heavy (non-hydrogen) atoms. The van der Waals surface area contributed by atoms with Crippen molar-refractivity contribution in [3.05, 3.63) is 89.7 Å². The summed E-state index contributed by atoms with van der Waals surface area (Å²) in [4.78, 5) is 31.8. The molecule has 2 unspecified atom stereocenters. The van der Waals surface area contributed by atoms with E-state index in [-0.39, 0.29) is 22.3 Å². The number of hydrogen-bond donors (Lipinski definition) is 1. The number of quaternary nitrogens is 1. The van der Waals surface area contributed by atoms with Crippen molar-refractivity contribution in [2.75, 3.05) is 6.54 Å². The van der Waals surface area contributed by atoms with Crippen molar-refractivity contribution in [3.8, 4) is 11.1 Å². The zero-order valence-corrected chi connectivity index (χ0v) is 21.3. The number of rotatable bonds is 6. The summed E-state index contributed by atoms with van der Waals surface area (Å²) < 4.78 is 2.23. The van der Waals surface area contributed by atoms with Gasteiger partial charge >= 0.3 is 5.91 Å². The second kappa shape index (κ2) is 9.27. The summed E-state index contributed by atoms with van der Waals surface area (Å²) >= 11 is 0. The molecule has 3 aromatic carbocycles. The molecule has 6 rings (SSSR count). The number of aryl methyl sites for hydroxylation is 3. The number of carbonyl (C=O) groups excluding carboxylic acids is 2. The van der Waals surface area contributed by atoms with E-state index in [0.29, 0.717) is 25.8 Å². The molecule has 4 aromatic rings. The minimum absolute atomic E-state index is 0.0494. The molecule has 2 amide bonds. The summed E-state index contributed by atoms with van der Waals surface area (Å²) in [6.07, 6.45) is 4.14. The quantitative estimate of drug-likeness (QED) is 0.390. The van der Waals surface area contributed by atoms with Gasteiger partial charge in [0, 0.05) is 38.3 Å². The van der Waals surface area contributed by atoms with Gasteiger partial charge in [0.2, 0.25) is 0 Å². The van der Waals surface area contributed by atoms with Crippen LogP contribution in [0.25, 0.3) is 22.2 Å². The van der Waals surface area contributed by atoms with Crippen molar-refractivity contribution in [2.24, 2.45) is 12.8 Å². The molecule has 6 heteroatoms. The average Bonchev–Trinajstić information content (AvgIpc) is 3.63. The summed E-state index contributed by atoms with van der Waals surface area (Å²) in [5.74, 6) is 0.637. The van der Waals surface area contributed by atoms with Gasteiger partial charge in [-0.3, -0.25) is 4.79 Å². The molecule has 2 heterocycles. The minimum Gasteiger partial charge on any atom is -0.364 e. The van der Waals surface area contributed by atoms with Crippen LogP contribution >= 0.6 is 0 Å². The number of hydrogen-bond acceptors (Lipinski definition) is 3. The fraction of sp³-hybridized carbons (Fsp3) is 0.323. The van der Waals surface area contributed by atoms with Gasteiger partial charge in [-0.25, -0.2) is 14.3 Å². The fourth-order valence-electron chi connectivity index (χ4n) is 6.86. The standard InChI is InChI=1S/C31H32N4O2/c1-34-26-11-6-5-10-25(26)33-29(34)17-18-30(36)35(19-7-12-28(35)31(32)37)27-16-15-22-13-14-23(20-24(22)27)21-8-3-2-4-9-21/h2-6,8-11,13-14,20,27-28H,7,12,15-19H2,1H3,(H-,32,37)/p+1/t27?,28-,35?/m0/s1. The topological polar surface area (TPSA) is 78.0 Å². The number of nitrogens with zero attached hydrogens (tertiary/aromatic N) is 3. The molecular weight excluding hydrogens is 460 g/mol. The predicted octanol–water partition coefficient (Wildman–Crippen LogP) is 4.85. The Kier molecular flexibility index (Phi) is 5.92. The van der Waals surface area contributed by atoms with Gasteiger partial charge < -0.3 is 10.3 Å². The summed E-state index contributed by atoms with van der Waals surface area (Å²) in [7, 11) is 2.00. The zero-order valence-electron chi connectivity index (χ0n) is 21.3. The van der Waals surface area contributed by atoms with Crippen molar-refractivity contribution >= 4 is 22.8 Å². The fourth-order valence-corrected chi connectivity index (χ4v) is 6.86. The number of benzene rings is 3. The van der Waals surface area contributed by atoms with Gasteiger partial charge in [-0.2, -0.15) is 0 Å². The third-order valence-electron chi connectivity index (χ3n) is 8.65. The number of aromatic nitrogens is 2.